The summed E-state index contributed by atoms with van der Waals surface area (Å²) in [6, 6.07) is 0. The number of esters is 3. The van der Waals surface area contributed by atoms with Crippen LogP contribution < -0.4 is 0 Å². The third-order valence-corrected chi connectivity index (χ3v) is 13.0. The third kappa shape index (κ3) is 55.9. The third-order valence-electron chi connectivity index (χ3n) is 13.0. The van der Waals surface area contributed by atoms with Gasteiger partial charge in [0.15, 0.2) is 6.10 Å². The highest BCUT2D eigenvalue weighted by Crippen LogP contribution is 2.17. The highest BCUT2D eigenvalue weighted by molar-refractivity contribution is 5.71. The van der Waals surface area contributed by atoms with Crippen LogP contribution in [0, 0.1) is 0 Å². The molecule has 0 N–H and O–H groups in total. The average molecular weight is 966 g/mol. The highest BCUT2D eigenvalue weighted by Gasteiger charge is 2.19. The zero-order valence-corrected chi connectivity index (χ0v) is 45.8. The number of rotatable bonds is 54. The number of ether oxygens (including phenoxy) is 3. The Bertz CT molecular complexity index is 1250. The van der Waals surface area contributed by atoms with E-state index in [4.69, 9.17) is 14.2 Å². The molecule has 0 bridgehead atoms. The van der Waals surface area contributed by atoms with Gasteiger partial charge in [-0.1, -0.05) is 261 Å². The predicted molar refractivity (Wildman–Crippen MR) is 298 cm³/mol. The summed E-state index contributed by atoms with van der Waals surface area (Å²) in [6.45, 7) is 6.52. The summed E-state index contributed by atoms with van der Waals surface area (Å²) >= 11 is 0. The van der Waals surface area contributed by atoms with Crippen LogP contribution in [0.5, 0.6) is 0 Å². The van der Waals surface area contributed by atoms with Gasteiger partial charge in [0, 0.05) is 19.3 Å². The second-order valence-corrected chi connectivity index (χ2v) is 19.9. The summed E-state index contributed by atoms with van der Waals surface area (Å²) in [7, 11) is 0. The minimum atomic E-state index is -0.785. The number of carbonyl (C=O) groups excluding carboxylic acids is 3. The molecule has 0 rings (SSSR count). The summed E-state index contributed by atoms with van der Waals surface area (Å²) in [5, 5.41) is 0. The molecule has 0 aliphatic rings. The number of hydrogen-bond donors (Lipinski definition) is 0. The van der Waals surface area contributed by atoms with Crippen molar-refractivity contribution in [3.8, 4) is 0 Å². The van der Waals surface area contributed by atoms with E-state index in [0.29, 0.717) is 19.3 Å². The van der Waals surface area contributed by atoms with Crippen molar-refractivity contribution in [2.75, 3.05) is 13.2 Å². The molecule has 0 saturated heterocycles. The number of hydrogen-bond acceptors (Lipinski definition) is 6. The van der Waals surface area contributed by atoms with Crippen LogP contribution >= 0.6 is 0 Å². The molecule has 6 heteroatoms. The normalized spacial score (nSPS) is 12.4. The van der Waals surface area contributed by atoms with Gasteiger partial charge in [-0.3, -0.25) is 14.4 Å². The van der Waals surface area contributed by atoms with Gasteiger partial charge in [-0.15, -0.1) is 0 Å². The van der Waals surface area contributed by atoms with E-state index < -0.39 is 6.10 Å². The molecule has 0 unspecified atom stereocenters. The van der Waals surface area contributed by atoms with Crippen molar-refractivity contribution >= 4 is 17.9 Å². The maximum atomic E-state index is 12.9. The van der Waals surface area contributed by atoms with Gasteiger partial charge in [0.1, 0.15) is 13.2 Å². The van der Waals surface area contributed by atoms with Crippen molar-refractivity contribution in [1.29, 1.82) is 0 Å². The molecule has 0 radical (unpaired) electrons. The van der Waals surface area contributed by atoms with Crippen LogP contribution in [-0.2, 0) is 28.6 Å². The Morgan fingerprint density at radius 1 is 0.304 bits per heavy atom. The Hall–Kier alpha value is -2.89. The zero-order valence-electron chi connectivity index (χ0n) is 45.8. The summed E-state index contributed by atoms with van der Waals surface area (Å²) in [4.78, 5) is 38.2. The highest BCUT2D eigenvalue weighted by atomic mass is 16.6. The maximum absolute atomic E-state index is 12.9. The minimum absolute atomic E-state index is 0.0812. The molecular weight excluding hydrogens is 853 g/mol. The first kappa shape index (κ1) is 66.1. The lowest BCUT2D eigenvalue weighted by molar-refractivity contribution is -0.167. The molecular formula is C63H112O6. The molecule has 0 spiro atoms. The second kappa shape index (κ2) is 57.7. The summed E-state index contributed by atoms with van der Waals surface area (Å²) in [6.07, 6.45) is 72.1. The standard InChI is InChI=1S/C63H112O6/c1-4-7-10-13-16-19-22-25-28-30-31-33-36-38-41-44-47-50-53-56-62(65)68-59-60(69-63(66)57-54-51-48-45-42-39-34-27-24-21-18-15-12-9-6-3)58-67-61(64)55-52-49-46-43-40-37-35-32-29-26-23-20-17-14-11-8-5-2/h9,12,17-18,20-21,26-27,29,34,60H,4-8,10-11,13-16,19,22-25,28,30-33,35-59H2,1-3H3/b12-9-,20-17-,21-18-,29-26-,34-27-/t60-/m1/s1. The second-order valence-electron chi connectivity index (χ2n) is 19.9. The molecule has 0 aromatic rings. The lowest BCUT2D eigenvalue weighted by atomic mass is 10.0. The van der Waals surface area contributed by atoms with E-state index in [1.54, 1.807) is 0 Å². The lowest BCUT2D eigenvalue weighted by Crippen LogP contribution is -2.30. The number of carbonyl (C=O) groups is 3. The van der Waals surface area contributed by atoms with Crippen LogP contribution in [0.25, 0.3) is 0 Å². The molecule has 69 heavy (non-hydrogen) atoms. The molecule has 0 aromatic heterocycles. The topological polar surface area (TPSA) is 78.9 Å². The van der Waals surface area contributed by atoms with Gasteiger partial charge < -0.3 is 14.2 Å². The quantitative estimate of drug-likeness (QED) is 0.0262. The molecule has 6 nitrogen and oxygen atoms in total. The smallest absolute Gasteiger partial charge is 0.306 e. The monoisotopic (exact) mass is 965 g/mol. The Morgan fingerprint density at radius 2 is 0.565 bits per heavy atom. The Kier molecular flexibility index (Phi) is 55.3. The molecule has 0 heterocycles. The van der Waals surface area contributed by atoms with Crippen LogP contribution in [0.3, 0.4) is 0 Å². The maximum Gasteiger partial charge on any atom is 0.306 e. The van der Waals surface area contributed by atoms with Crippen molar-refractivity contribution in [3.63, 3.8) is 0 Å². The van der Waals surface area contributed by atoms with Crippen LogP contribution in [-0.4, -0.2) is 37.2 Å². The van der Waals surface area contributed by atoms with Gasteiger partial charge in [0.05, 0.1) is 0 Å². The van der Waals surface area contributed by atoms with Crippen LogP contribution in [0.1, 0.15) is 303 Å². The van der Waals surface area contributed by atoms with Crippen LogP contribution in [0.4, 0.5) is 0 Å². The summed E-state index contributed by atoms with van der Waals surface area (Å²) < 4.78 is 16.9. The number of unbranched alkanes of at least 4 members (excludes halogenated alkanes) is 33. The van der Waals surface area contributed by atoms with Crippen molar-refractivity contribution in [3.05, 3.63) is 60.8 Å². The van der Waals surface area contributed by atoms with Crippen molar-refractivity contribution < 1.29 is 28.6 Å². The molecule has 0 fully saturated rings. The molecule has 0 saturated carbocycles. The fourth-order valence-electron chi connectivity index (χ4n) is 8.55. The first-order chi connectivity index (χ1) is 34.0. The molecule has 0 aliphatic heterocycles. The van der Waals surface area contributed by atoms with E-state index in [2.05, 4.69) is 81.5 Å². The van der Waals surface area contributed by atoms with Crippen molar-refractivity contribution in [2.45, 2.75) is 309 Å². The van der Waals surface area contributed by atoms with Gasteiger partial charge in [-0.25, -0.2) is 0 Å². The zero-order chi connectivity index (χ0) is 50.0. The summed E-state index contributed by atoms with van der Waals surface area (Å²) in [5.74, 6) is -0.892. The van der Waals surface area contributed by atoms with Crippen molar-refractivity contribution in [2.24, 2.45) is 0 Å². The Morgan fingerprint density at radius 3 is 0.913 bits per heavy atom. The predicted octanol–water partition coefficient (Wildman–Crippen LogP) is 20.0. The molecule has 1 atom stereocenters. The minimum Gasteiger partial charge on any atom is -0.462 e. The van der Waals surface area contributed by atoms with Gasteiger partial charge >= 0.3 is 17.9 Å². The fourth-order valence-corrected chi connectivity index (χ4v) is 8.55. The van der Waals surface area contributed by atoms with Gasteiger partial charge in [0.25, 0.3) is 0 Å². The Labute approximate surface area is 428 Å². The van der Waals surface area contributed by atoms with Crippen LogP contribution in [0.2, 0.25) is 0 Å². The van der Waals surface area contributed by atoms with E-state index in [9.17, 15) is 14.4 Å². The van der Waals surface area contributed by atoms with E-state index in [0.717, 1.165) is 109 Å². The molecule has 0 aliphatic carbocycles. The van der Waals surface area contributed by atoms with Gasteiger partial charge in [0.2, 0.25) is 0 Å². The summed E-state index contributed by atoms with van der Waals surface area (Å²) in [5.41, 5.74) is 0. The van der Waals surface area contributed by atoms with E-state index >= 15 is 0 Å². The number of allylic oxidation sites excluding steroid dienone is 10. The SMILES string of the molecule is CC/C=C\C/C=C\C/C=C\CCCCCCCC(=O)O[C@H](COC(=O)CCCCCCCCC/C=C\C/C=C\CCCCC)COC(=O)CCCCCCCCCCCCCCCCCCCCC. The van der Waals surface area contributed by atoms with Gasteiger partial charge in [-0.05, 0) is 83.5 Å². The molecule has 0 aromatic carbocycles. The first-order valence-electron chi connectivity index (χ1n) is 29.8. The molecule has 0 amide bonds. The average Bonchev–Trinajstić information content (AvgIpc) is 3.35. The van der Waals surface area contributed by atoms with E-state index in [-0.39, 0.29) is 31.1 Å². The Balaban J connectivity index is 4.36. The first-order valence-corrected chi connectivity index (χ1v) is 29.8. The molecule has 400 valence electrons. The van der Waals surface area contributed by atoms with Crippen LogP contribution in [0.15, 0.2) is 60.8 Å². The van der Waals surface area contributed by atoms with Gasteiger partial charge in [-0.2, -0.15) is 0 Å². The largest absolute Gasteiger partial charge is 0.462 e. The fraction of sp³-hybridized carbons (Fsp3) is 0.794. The lowest BCUT2D eigenvalue weighted by Gasteiger charge is -2.18. The van der Waals surface area contributed by atoms with E-state index in [1.165, 1.54) is 154 Å². The van der Waals surface area contributed by atoms with Crippen molar-refractivity contribution in [1.82, 2.24) is 0 Å². The van der Waals surface area contributed by atoms with E-state index in [1.807, 2.05) is 0 Å².